The molecule has 0 aliphatic heterocycles. The molecule has 2 aromatic rings. The monoisotopic (exact) mass is 293 g/mol. The largest absolute Gasteiger partial charge is 0.354 e. The van der Waals surface area contributed by atoms with Gasteiger partial charge in [0, 0.05) is 32.0 Å². The van der Waals surface area contributed by atoms with E-state index in [4.69, 9.17) is 0 Å². The number of nitrogens with one attached hydrogen (secondary N) is 2. The number of aromatic amines is 1. The van der Waals surface area contributed by atoms with Gasteiger partial charge in [0.05, 0.1) is 0 Å². The van der Waals surface area contributed by atoms with Gasteiger partial charge in [0.15, 0.2) is 5.16 Å². The Bertz CT molecular complexity index is 525. The summed E-state index contributed by atoms with van der Waals surface area (Å²) in [6.07, 6.45) is 3.49. The lowest BCUT2D eigenvalue weighted by atomic mass is 10.5. The normalized spacial score (nSPS) is 10.6. The molecule has 2 aromatic heterocycles. The molecular weight excluding hydrogens is 274 g/mol. The second kappa shape index (κ2) is 7.09. The molecule has 0 amide bonds. The first-order valence-electron chi connectivity index (χ1n) is 6.68. The van der Waals surface area contributed by atoms with Gasteiger partial charge in [-0.05, 0) is 32.5 Å². The number of hydrogen-bond donors (Lipinski definition) is 2. The van der Waals surface area contributed by atoms with Crippen molar-refractivity contribution >= 4 is 23.7 Å². The van der Waals surface area contributed by atoms with Crippen molar-refractivity contribution < 1.29 is 0 Å². The fraction of sp³-hybridized carbons (Fsp3) is 0.500. The lowest BCUT2D eigenvalue weighted by Crippen LogP contribution is -2.25. The first kappa shape index (κ1) is 14.6. The van der Waals surface area contributed by atoms with Crippen LogP contribution in [0.2, 0.25) is 0 Å². The van der Waals surface area contributed by atoms with Gasteiger partial charge in [-0.1, -0.05) is 0 Å². The Balaban J connectivity index is 2.29. The maximum atomic E-state index is 4.50. The molecule has 8 heteroatoms. The number of aromatic nitrogens is 5. The van der Waals surface area contributed by atoms with Gasteiger partial charge in [-0.3, -0.25) is 0 Å². The highest BCUT2D eigenvalue weighted by atomic mass is 32.2. The van der Waals surface area contributed by atoms with Crippen LogP contribution < -0.4 is 10.2 Å². The molecule has 0 fully saturated rings. The van der Waals surface area contributed by atoms with E-state index in [0.29, 0.717) is 17.1 Å². The van der Waals surface area contributed by atoms with E-state index < -0.39 is 0 Å². The quantitative estimate of drug-likeness (QED) is 0.808. The third-order valence-electron chi connectivity index (χ3n) is 2.65. The zero-order valence-corrected chi connectivity index (χ0v) is 12.7. The maximum Gasteiger partial charge on any atom is 0.231 e. The second-order valence-electron chi connectivity index (χ2n) is 3.94. The highest BCUT2D eigenvalue weighted by Crippen LogP contribution is 2.23. The second-order valence-corrected chi connectivity index (χ2v) is 4.90. The Morgan fingerprint density at radius 2 is 2.00 bits per heavy atom. The summed E-state index contributed by atoms with van der Waals surface area (Å²) in [4.78, 5) is 22.6. The molecule has 20 heavy (non-hydrogen) atoms. The molecule has 0 spiro atoms. The molecular formula is C12H19N7S. The topological polar surface area (TPSA) is 82.6 Å². The van der Waals surface area contributed by atoms with Crippen molar-refractivity contribution in [3.05, 3.63) is 12.4 Å². The Kier molecular flexibility index (Phi) is 5.16. The van der Waals surface area contributed by atoms with Gasteiger partial charge in [0.1, 0.15) is 0 Å². The first-order valence-corrected chi connectivity index (χ1v) is 7.50. The number of anilines is 2. The molecule has 0 saturated heterocycles. The van der Waals surface area contributed by atoms with Crippen LogP contribution >= 0.6 is 11.8 Å². The van der Waals surface area contributed by atoms with E-state index in [9.17, 15) is 0 Å². The van der Waals surface area contributed by atoms with Crippen molar-refractivity contribution in [2.45, 2.75) is 31.1 Å². The summed E-state index contributed by atoms with van der Waals surface area (Å²) in [6, 6.07) is 0. The minimum absolute atomic E-state index is 0.596. The van der Waals surface area contributed by atoms with E-state index in [-0.39, 0.29) is 0 Å². The first-order chi connectivity index (χ1) is 9.76. The minimum atomic E-state index is 0.596. The minimum Gasteiger partial charge on any atom is -0.354 e. The van der Waals surface area contributed by atoms with Gasteiger partial charge in [0.25, 0.3) is 0 Å². The Morgan fingerprint density at radius 1 is 1.20 bits per heavy atom. The predicted octanol–water partition coefficient (Wildman–Crippen LogP) is 2.02. The lowest BCUT2D eigenvalue weighted by Gasteiger charge is -2.19. The van der Waals surface area contributed by atoms with E-state index in [2.05, 4.69) is 49.0 Å². The molecule has 2 N–H and O–H groups in total. The van der Waals surface area contributed by atoms with Crippen LogP contribution in [0, 0.1) is 0 Å². The number of hydrogen-bond acceptors (Lipinski definition) is 7. The number of H-pyrrole nitrogens is 1. The van der Waals surface area contributed by atoms with Gasteiger partial charge >= 0.3 is 0 Å². The number of nitrogens with zero attached hydrogens (tertiary/aromatic N) is 5. The van der Waals surface area contributed by atoms with Gasteiger partial charge in [-0.2, -0.15) is 15.0 Å². The summed E-state index contributed by atoms with van der Waals surface area (Å²) in [5, 5.41) is 4.54. The van der Waals surface area contributed by atoms with E-state index >= 15 is 0 Å². The van der Waals surface area contributed by atoms with Gasteiger partial charge in [-0.25, -0.2) is 4.98 Å². The number of rotatable bonds is 7. The standard InChI is InChI=1S/C12H19N7S/c1-4-13-9-16-10(19(5-2)6-3)18-12(17-9)20-11-14-7-8-15-11/h7-8H,4-6H2,1-3H3,(H,14,15)(H,13,16,17,18). The highest BCUT2D eigenvalue weighted by molar-refractivity contribution is 7.99. The third kappa shape index (κ3) is 3.60. The Morgan fingerprint density at radius 3 is 2.60 bits per heavy atom. The smallest absolute Gasteiger partial charge is 0.231 e. The predicted molar refractivity (Wildman–Crippen MR) is 80.3 cm³/mol. The average molecular weight is 293 g/mol. The average Bonchev–Trinajstić information content (AvgIpc) is 2.93. The molecule has 0 aliphatic rings. The highest BCUT2D eigenvalue weighted by Gasteiger charge is 2.12. The van der Waals surface area contributed by atoms with E-state index in [1.165, 1.54) is 11.8 Å². The zero-order chi connectivity index (χ0) is 14.4. The summed E-state index contributed by atoms with van der Waals surface area (Å²) in [5.74, 6) is 1.29. The van der Waals surface area contributed by atoms with Crippen LogP contribution in [-0.4, -0.2) is 44.6 Å². The van der Waals surface area contributed by atoms with Crippen molar-refractivity contribution in [3.8, 4) is 0 Å². The van der Waals surface area contributed by atoms with Crippen LogP contribution in [0.4, 0.5) is 11.9 Å². The fourth-order valence-electron chi connectivity index (χ4n) is 1.67. The SMILES string of the molecule is CCNc1nc(Sc2ncc[nH]2)nc(N(CC)CC)n1. The lowest BCUT2D eigenvalue weighted by molar-refractivity contribution is 0.782. The summed E-state index contributed by atoms with van der Waals surface area (Å²) in [7, 11) is 0. The van der Waals surface area contributed by atoms with Crippen molar-refractivity contribution in [3.63, 3.8) is 0 Å². The summed E-state index contributed by atoms with van der Waals surface area (Å²) >= 11 is 1.39. The molecule has 0 atom stereocenters. The van der Waals surface area contributed by atoms with E-state index in [0.717, 1.165) is 24.8 Å². The van der Waals surface area contributed by atoms with Gasteiger partial charge < -0.3 is 15.2 Å². The molecule has 0 unspecified atom stereocenters. The molecule has 0 bridgehead atoms. The van der Waals surface area contributed by atoms with Gasteiger partial charge in [0.2, 0.25) is 17.1 Å². The van der Waals surface area contributed by atoms with Crippen molar-refractivity contribution in [1.29, 1.82) is 0 Å². The van der Waals surface area contributed by atoms with E-state index in [1.807, 2.05) is 6.92 Å². The van der Waals surface area contributed by atoms with Crippen molar-refractivity contribution in [2.75, 3.05) is 29.9 Å². The zero-order valence-electron chi connectivity index (χ0n) is 11.9. The summed E-state index contributed by atoms with van der Waals surface area (Å²) < 4.78 is 0. The van der Waals surface area contributed by atoms with Crippen molar-refractivity contribution in [1.82, 2.24) is 24.9 Å². The van der Waals surface area contributed by atoms with Crippen LogP contribution in [0.15, 0.2) is 22.7 Å². The third-order valence-corrected chi connectivity index (χ3v) is 3.43. The molecule has 2 rings (SSSR count). The molecule has 0 radical (unpaired) electrons. The van der Waals surface area contributed by atoms with Crippen LogP contribution in [0.3, 0.4) is 0 Å². The fourth-order valence-corrected chi connectivity index (χ4v) is 2.34. The van der Waals surface area contributed by atoms with Gasteiger partial charge in [-0.15, -0.1) is 0 Å². The molecule has 2 heterocycles. The van der Waals surface area contributed by atoms with Crippen LogP contribution in [0.25, 0.3) is 0 Å². The molecule has 0 aliphatic carbocycles. The molecule has 0 saturated carbocycles. The van der Waals surface area contributed by atoms with Crippen LogP contribution in [-0.2, 0) is 0 Å². The van der Waals surface area contributed by atoms with Crippen molar-refractivity contribution in [2.24, 2.45) is 0 Å². The molecule has 108 valence electrons. The Labute approximate surface area is 122 Å². The summed E-state index contributed by atoms with van der Waals surface area (Å²) in [5.41, 5.74) is 0. The Hall–Kier alpha value is -1.83. The summed E-state index contributed by atoms with van der Waals surface area (Å²) in [6.45, 7) is 8.67. The molecule has 0 aromatic carbocycles. The van der Waals surface area contributed by atoms with E-state index in [1.54, 1.807) is 12.4 Å². The maximum absolute atomic E-state index is 4.50. The van der Waals surface area contributed by atoms with Crippen LogP contribution in [0.5, 0.6) is 0 Å². The number of imidazole rings is 1. The van der Waals surface area contributed by atoms with Crippen LogP contribution in [0.1, 0.15) is 20.8 Å². The molecule has 7 nitrogen and oxygen atoms in total.